The van der Waals surface area contributed by atoms with Gasteiger partial charge in [-0.25, -0.2) is 0 Å². The molecule has 4 aliphatic rings. The SMILES string of the molecule is CC(C)C(C)(O)CCC[C@H]1CC[C@H]2[C@]3(C)CC=C4C[C@@](C)(O)CC[C@]4(C)[C@H]3CC[C@]12C. The highest BCUT2D eigenvalue weighted by Crippen LogP contribution is 2.71. The monoisotopic (exact) mass is 430 g/mol. The van der Waals surface area contributed by atoms with E-state index in [2.05, 4.69) is 40.7 Å². The van der Waals surface area contributed by atoms with Crippen LogP contribution < -0.4 is 0 Å². The summed E-state index contributed by atoms with van der Waals surface area (Å²) in [6.07, 6.45) is 15.7. The van der Waals surface area contributed by atoms with Gasteiger partial charge in [0, 0.05) is 0 Å². The van der Waals surface area contributed by atoms with Crippen LogP contribution in [0.25, 0.3) is 0 Å². The molecule has 0 aliphatic heterocycles. The molecule has 4 rings (SSSR count). The minimum atomic E-state index is -0.524. The smallest absolute Gasteiger partial charge is 0.0657 e. The van der Waals surface area contributed by atoms with Gasteiger partial charge in [-0.3, -0.25) is 0 Å². The topological polar surface area (TPSA) is 40.5 Å². The zero-order chi connectivity index (χ0) is 22.9. The molecule has 0 aromatic carbocycles. The maximum Gasteiger partial charge on any atom is 0.0657 e. The Hall–Kier alpha value is -0.340. The Morgan fingerprint density at radius 2 is 1.71 bits per heavy atom. The van der Waals surface area contributed by atoms with Crippen molar-refractivity contribution in [3.05, 3.63) is 11.6 Å². The fraction of sp³-hybridized carbons (Fsp3) is 0.931. The van der Waals surface area contributed by atoms with Gasteiger partial charge >= 0.3 is 0 Å². The second-order valence-corrected chi connectivity index (χ2v) is 13.9. The van der Waals surface area contributed by atoms with Crippen molar-refractivity contribution in [1.82, 2.24) is 0 Å². The second-order valence-electron chi connectivity index (χ2n) is 13.9. The molecule has 178 valence electrons. The Kier molecular flexibility index (Phi) is 5.83. The van der Waals surface area contributed by atoms with Crippen molar-refractivity contribution >= 4 is 0 Å². The van der Waals surface area contributed by atoms with E-state index in [4.69, 9.17) is 0 Å². The normalized spacial score (nSPS) is 49.1. The van der Waals surface area contributed by atoms with E-state index in [1.165, 1.54) is 38.5 Å². The van der Waals surface area contributed by atoms with E-state index < -0.39 is 11.2 Å². The van der Waals surface area contributed by atoms with Gasteiger partial charge in [0.25, 0.3) is 0 Å². The first-order chi connectivity index (χ1) is 14.2. The van der Waals surface area contributed by atoms with Crippen molar-refractivity contribution in [3.8, 4) is 0 Å². The van der Waals surface area contributed by atoms with Gasteiger partial charge in [0.15, 0.2) is 0 Å². The van der Waals surface area contributed by atoms with Crippen molar-refractivity contribution < 1.29 is 10.2 Å². The average Bonchev–Trinajstić information content (AvgIpc) is 3.00. The second kappa shape index (κ2) is 7.59. The predicted molar refractivity (Wildman–Crippen MR) is 130 cm³/mol. The molecule has 0 saturated heterocycles. The molecule has 31 heavy (non-hydrogen) atoms. The lowest BCUT2D eigenvalue weighted by atomic mass is 9.41. The molecular weight excluding hydrogens is 380 g/mol. The first kappa shape index (κ1) is 23.8. The molecule has 0 radical (unpaired) electrons. The van der Waals surface area contributed by atoms with E-state index in [9.17, 15) is 10.2 Å². The molecule has 0 spiro atoms. The molecule has 2 nitrogen and oxygen atoms in total. The molecule has 0 aromatic rings. The molecule has 2 heteroatoms. The molecule has 2 N–H and O–H groups in total. The molecule has 4 aliphatic carbocycles. The predicted octanol–water partition coefficient (Wildman–Crippen LogP) is 7.28. The van der Waals surface area contributed by atoms with Gasteiger partial charge in [-0.1, -0.05) is 52.7 Å². The molecule has 8 atom stereocenters. The van der Waals surface area contributed by atoms with Crippen molar-refractivity contribution in [3.63, 3.8) is 0 Å². The number of aliphatic hydroxyl groups is 2. The standard InChI is InChI=1S/C29H50O2/c1-20(2)29(7,31)14-8-9-21-10-11-23-26(21,4)16-13-24-27(5)18-17-25(3,30)19-22(27)12-15-28(23,24)6/h12,20-21,23-24,30-31H,8-11,13-19H2,1-7H3/t21-,23+,24+,25-,26+,27-,28-,29?/m0/s1. The summed E-state index contributed by atoms with van der Waals surface area (Å²) in [4.78, 5) is 0. The molecule has 3 saturated carbocycles. The molecule has 0 amide bonds. The Morgan fingerprint density at radius 3 is 2.39 bits per heavy atom. The van der Waals surface area contributed by atoms with Crippen LogP contribution in [0.2, 0.25) is 0 Å². The summed E-state index contributed by atoms with van der Waals surface area (Å²) < 4.78 is 0. The van der Waals surface area contributed by atoms with E-state index in [1.807, 2.05) is 13.8 Å². The lowest BCUT2D eigenvalue weighted by Crippen LogP contribution is -2.56. The molecular formula is C29H50O2. The van der Waals surface area contributed by atoms with Crippen molar-refractivity contribution in [2.24, 2.45) is 39.9 Å². The fourth-order valence-corrected chi connectivity index (χ4v) is 9.04. The minimum Gasteiger partial charge on any atom is -0.390 e. The van der Waals surface area contributed by atoms with E-state index in [0.29, 0.717) is 22.2 Å². The summed E-state index contributed by atoms with van der Waals surface area (Å²) >= 11 is 0. The Bertz CT molecular complexity index is 718. The summed E-state index contributed by atoms with van der Waals surface area (Å²) in [6.45, 7) is 16.2. The maximum absolute atomic E-state index is 10.7. The zero-order valence-corrected chi connectivity index (χ0v) is 21.6. The van der Waals surface area contributed by atoms with Crippen LogP contribution in [-0.2, 0) is 0 Å². The first-order valence-corrected chi connectivity index (χ1v) is 13.4. The lowest BCUT2D eigenvalue weighted by molar-refractivity contribution is -0.117. The van der Waals surface area contributed by atoms with Gasteiger partial charge in [-0.2, -0.15) is 0 Å². The highest BCUT2D eigenvalue weighted by molar-refractivity contribution is 5.29. The summed E-state index contributed by atoms with van der Waals surface area (Å²) in [7, 11) is 0. The van der Waals surface area contributed by atoms with Gasteiger partial charge in [0.2, 0.25) is 0 Å². The molecule has 0 heterocycles. The van der Waals surface area contributed by atoms with E-state index in [0.717, 1.165) is 49.9 Å². The summed E-state index contributed by atoms with van der Waals surface area (Å²) in [5.41, 5.74) is 1.72. The highest BCUT2D eigenvalue weighted by Gasteiger charge is 2.63. The average molecular weight is 431 g/mol. The van der Waals surface area contributed by atoms with Crippen molar-refractivity contribution in [2.45, 2.75) is 130 Å². The minimum absolute atomic E-state index is 0.296. The first-order valence-electron chi connectivity index (χ1n) is 13.4. The van der Waals surface area contributed by atoms with Crippen LogP contribution in [0.1, 0.15) is 119 Å². The van der Waals surface area contributed by atoms with Gasteiger partial charge in [-0.05, 0) is 118 Å². The number of hydrogen-bond donors (Lipinski definition) is 2. The summed E-state index contributed by atoms with van der Waals surface area (Å²) in [5, 5.41) is 21.4. The number of fused-ring (bicyclic) bond motifs is 5. The molecule has 3 fully saturated rings. The highest BCUT2D eigenvalue weighted by atomic mass is 16.3. The van der Waals surface area contributed by atoms with Crippen LogP contribution in [0.3, 0.4) is 0 Å². The molecule has 0 aromatic heterocycles. The Balaban J connectivity index is 1.51. The van der Waals surface area contributed by atoms with Gasteiger partial charge < -0.3 is 10.2 Å². The third-order valence-corrected chi connectivity index (χ3v) is 11.6. The Labute approximate surface area is 192 Å². The molecule has 0 bridgehead atoms. The van der Waals surface area contributed by atoms with Crippen LogP contribution in [0, 0.1) is 39.9 Å². The van der Waals surface area contributed by atoms with E-state index >= 15 is 0 Å². The lowest BCUT2D eigenvalue weighted by Gasteiger charge is -2.64. The fourth-order valence-electron chi connectivity index (χ4n) is 9.04. The van der Waals surface area contributed by atoms with Crippen LogP contribution in [-0.4, -0.2) is 21.4 Å². The quantitative estimate of drug-likeness (QED) is 0.450. The summed E-state index contributed by atoms with van der Waals surface area (Å²) in [5.74, 6) is 2.75. The van der Waals surface area contributed by atoms with Crippen LogP contribution in [0.4, 0.5) is 0 Å². The number of allylic oxidation sites excluding steroid dienone is 1. The van der Waals surface area contributed by atoms with Crippen molar-refractivity contribution in [1.29, 1.82) is 0 Å². The van der Waals surface area contributed by atoms with Crippen LogP contribution in [0.5, 0.6) is 0 Å². The van der Waals surface area contributed by atoms with Gasteiger partial charge in [-0.15, -0.1) is 0 Å². The van der Waals surface area contributed by atoms with Crippen molar-refractivity contribution in [2.75, 3.05) is 0 Å². The van der Waals surface area contributed by atoms with Gasteiger partial charge in [0.1, 0.15) is 0 Å². The van der Waals surface area contributed by atoms with Gasteiger partial charge in [0.05, 0.1) is 11.2 Å². The van der Waals surface area contributed by atoms with E-state index in [-0.39, 0.29) is 0 Å². The molecule has 1 unspecified atom stereocenters. The summed E-state index contributed by atoms with van der Waals surface area (Å²) in [6, 6.07) is 0. The van der Waals surface area contributed by atoms with Crippen LogP contribution in [0.15, 0.2) is 11.6 Å². The number of hydrogen-bond acceptors (Lipinski definition) is 2. The largest absolute Gasteiger partial charge is 0.390 e. The maximum atomic E-state index is 10.7. The Morgan fingerprint density at radius 1 is 1.00 bits per heavy atom. The van der Waals surface area contributed by atoms with E-state index in [1.54, 1.807) is 5.57 Å². The zero-order valence-electron chi connectivity index (χ0n) is 21.6. The third kappa shape index (κ3) is 3.76. The number of rotatable bonds is 5. The third-order valence-electron chi connectivity index (χ3n) is 11.6. The van der Waals surface area contributed by atoms with Crippen LogP contribution >= 0.6 is 0 Å².